The topological polar surface area (TPSA) is 23.5 Å². The van der Waals surface area contributed by atoms with Crippen molar-refractivity contribution in [3.8, 4) is 0 Å². The molecule has 0 aliphatic carbocycles. The van der Waals surface area contributed by atoms with Crippen LogP contribution in [0.3, 0.4) is 0 Å². The summed E-state index contributed by atoms with van der Waals surface area (Å²) >= 11 is 0. The molecule has 1 saturated heterocycles. The summed E-state index contributed by atoms with van der Waals surface area (Å²) in [6.07, 6.45) is 5.47. The van der Waals surface area contributed by atoms with Gasteiger partial charge in [0, 0.05) is 13.1 Å². The van der Waals surface area contributed by atoms with Crippen LogP contribution in [0.2, 0.25) is 0 Å². The minimum Gasteiger partial charge on any atom is -0.389 e. The average Bonchev–Trinajstić information content (AvgIpc) is 2.65. The Labute approximate surface area is 121 Å². The van der Waals surface area contributed by atoms with Gasteiger partial charge in [-0.25, -0.2) is 4.39 Å². The first-order valence-electron chi connectivity index (χ1n) is 7.84. The highest BCUT2D eigenvalue weighted by Gasteiger charge is 2.19. The Morgan fingerprint density at radius 1 is 1.35 bits per heavy atom. The second kappa shape index (κ2) is 7.07. The number of nitrogens with zero attached hydrogens (tertiary/aromatic N) is 1. The smallest absolute Gasteiger partial charge is 0.146 e. The molecular weight excluding hydrogens is 253 g/mol. The predicted molar refractivity (Wildman–Crippen MR) is 81.5 cm³/mol. The number of hydrogen-bond donors (Lipinski definition) is 1. The molecule has 0 spiro atoms. The van der Waals surface area contributed by atoms with Gasteiger partial charge in [-0.15, -0.1) is 0 Å². The highest BCUT2D eigenvalue weighted by atomic mass is 19.1. The molecule has 1 fully saturated rings. The summed E-state index contributed by atoms with van der Waals surface area (Å²) in [5, 5.41) is 9.51. The zero-order valence-corrected chi connectivity index (χ0v) is 12.6. The first-order valence-corrected chi connectivity index (χ1v) is 7.84. The number of benzene rings is 1. The molecule has 0 amide bonds. The standard InChI is InChI=1S/C17H26FNO/c1-3-5-14-6-4-10-19(11-9-14)17-8-7-15(13(2)20)12-16(17)18/h7-8,12-14,20H,3-6,9-11H2,1-2H3/t13-,14?/m0/s1. The van der Waals surface area contributed by atoms with Gasteiger partial charge in [-0.1, -0.05) is 25.8 Å². The second-order valence-corrected chi connectivity index (χ2v) is 5.96. The van der Waals surface area contributed by atoms with Gasteiger partial charge in [-0.3, -0.25) is 0 Å². The zero-order chi connectivity index (χ0) is 14.5. The number of hydrogen-bond acceptors (Lipinski definition) is 2. The second-order valence-electron chi connectivity index (χ2n) is 5.96. The maximum atomic E-state index is 14.2. The van der Waals surface area contributed by atoms with Crippen LogP contribution in [0.1, 0.15) is 57.6 Å². The van der Waals surface area contributed by atoms with E-state index >= 15 is 0 Å². The van der Waals surface area contributed by atoms with Crippen LogP contribution in [0, 0.1) is 11.7 Å². The highest BCUT2D eigenvalue weighted by molar-refractivity contribution is 5.49. The highest BCUT2D eigenvalue weighted by Crippen LogP contribution is 2.28. The Kier molecular flexibility index (Phi) is 5.41. The minimum atomic E-state index is -0.614. The molecule has 1 aromatic rings. The Bertz CT molecular complexity index is 433. The van der Waals surface area contributed by atoms with Crippen LogP contribution in [-0.4, -0.2) is 18.2 Å². The minimum absolute atomic E-state index is 0.211. The van der Waals surface area contributed by atoms with E-state index in [-0.39, 0.29) is 5.82 Å². The van der Waals surface area contributed by atoms with Gasteiger partial charge in [0.05, 0.1) is 11.8 Å². The van der Waals surface area contributed by atoms with Gasteiger partial charge in [-0.05, 0) is 49.8 Å². The largest absolute Gasteiger partial charge is 0.389 e. The van der Waals surface area contributed by atoms with Gasteiger partial charge in [0.25, 0.3) is 0 Å². The van der Waals surface area contributed by atoms with Gasteiger partial charge in [-0.2, -0.15) is 0 Å². The van der Waals surface area contributed by atoms with E-state index in [1.54, 1.807) is 6.92 Å². The summed E-state index contributed by atoms with van der Waals surface area (Å²) in [6, 6.07) is 5.11. The number of halogens is 1. The van der Waals surface area contributed by atoms with E-state index in [9.17, 15) is 9.50 Å². The van der Waals surface area contributed by atoms with Crippen LogP contribution in [0.4, 0.5) is 10.1 Å². The summed E-state index contributed by atoms with van der Waals surface area (Å²) in [4.78, 5) is 2.16. The molecule has 1 aliphatic heterocycles. The average molecular weight is 279 g/mol. The van der Waals surface area contributed by atoms with E-state index in [0.717, 1.165) is 31.8 Å². The molecular formula is C17H26FNO. The van der Waals surface area contributed by atoms with Crippen LogP contribution < -0.4 is 4.90 Å². The molecule has 0 radical (unpaired) electrons. The molecule has 20 heavy (non-hydrogen) atoms. The fourth-order valence-corrected chi connectivity index (χ4v) is 3.14. The Hall–Kier alpha value is -1.09. The van der Waals surface area contributed by atoms with Crippen molar-refractivity contribution < 1.29 is 9.50 Å². The summed E-state index contributed by atoms with van der Waals surface area (Å²) in [6.45, 7) is 5.77. The predicted octanol–water partition coefficient (Wildman–Crippen LogP) is 4.29. The van der Waals surface area contributed by atoms with Crippen molar-refractivity contribution in [3.05, 3.63) is 29.6 Å². The molecule has 2 nitrogen and oxygen atoms in total. The molecule has 1 aromatic carbocycles. The lowest BCUT2D eigenvalue weighted by molar-refractivity contribution is 0.199. The third kappa shape index (κ3) is 3.72. The first kappa shape index (κ1) is 15.3. The van der Waals surface area contributed by atoms with Gasteiger partial charge in [0.15, 0.2) is 0 Å². The maximum absolute atomic E-state index is 14.2. The van der Waals surface area contributed by atoms with E-state index < -0.39 is 6.10 Å². The maximum Gasteiger partial charge on any atom is 0.146 e. The molecule has 2 rings (SSSR count). The van der Waals surface area contributed by atoms with Crippen molar-refractivity contribution in [1.29, 1.82) is 0 Å². The molecule has 1 aliphatic rings. The molecule has 112 valence electrons. The van der Waals surface area contributed by atoms with Gasteiger partial charge in [0.1, 0.15) is 5.82 Å². The number of anilines is 1. The monoisotopic (exact) mass is 279 g/mol. The van der Waals surface area contributed by atoms with Gasteiger partial charge < -0.3 is 10.0 Å². The molecule has 2 atom stereocenters. The van der Waals surface area contributed by atoms with E-state index in [2.05, 4.69) is 11.8 Å². The third-order valence-electron chi connectivity index (χ3n) is 4.34. The Morgan fingerprint density at radius 2 is 2.15 bits per heavy atom. The molecule has 0 saturated carbocycles. The van der Waals surface area contributed by atoms with Crippen molar-refractivity contribution in [2.24, 2.45) is 5.92 Å². The van der Waals surface area contributed by atoms with E-state index in [1.807, 2.05) is 12.1 Å². The van der Waals surface area contributed by atoms with Gasteiger partial charge >= 0.3 is 0 Å². The number of aliphatic hydroxyl groups excluding tert-OH is 1. The third-order valence-corrected chi connectivity index (χ3v) is 4.34. The summed E-state index contributed by atoms with van der Waals surface area (Å²) in [7, 11) is 0. The lowest BCUT2D eigenvalue weighted by atomic mass is 9.96. The van der Waals surface area contributed by atoms with Crippen molar-refractivity contribution in [1.82, 2.24) is 0 Å². The molecule has 1 unspecified atom stereocenters. The van der Waals surface area contributed by atoms with E-state index in [4.69, 9.17) is 0 Å². The van der Waals surface area contributed by atoms with Crippen molar-refractivity contribution in [2.45, 2.75) is 52.1 Å². The molecule has 1 heterocycles. The van der Waals surface area contributed by atoms with Crippen molar-refractivity contribution in [2.75, 3.05) is 18.0 Å². The first-order chi connectivity index (χ1) is 9.61. The van der Waals surface area contributed by atoms with Crippen LogP contribution in [0.5, 0.6) is 0 Å². The molecule has 0 bridgehead atoms. The summed E-state index contributed by atoms with van der Waals surface area (Å²) < 4.78 is 14.2. The summed E-state index contributed by atoms with van der Waals surface area (Å²) in [5.41, 5.74) is 1.33. The van der Waals surface area contributed by atoms with Gasteiger partial charge in [0.2, 0.25) is 0 Å². The fraction of sp³-hybridized carbons (Fsp3) is 0.647. The lowest BCUT2D eigenvalue weighted by Gasteiger charge is -2.24. The Balaban J connectivity index is 2.07. The molecule has 0 aromatic heterocycles. The lowest BCUT2D eigenvalue weighted by Crippen LogP contribution is -2.25. The van der Waals surface area contributed by atoms with E-state index in [1.165, 1.54) is 25.3 Å². The van der Waals surface area contributed by atoms with Crippen LogP contribution in [-0.2, 0) is 0 Å². The SMILES string of the molecule is CCCC1CCCN(c2ccc([C@H](C)O)cc2F)CC1. The zero-order valence-electron chi connectivity index (χ0n) is 12.6. The molecule has 1 N–H and O–H groups in total. The normalized spacial score (nSPS) is 21.6. The van der Waals surface area contributed by atoms with E-state index in [0.29, 0.717) is 11.3 Å². The Morgan fingerprint density at radius 3 is 2.80 bits per heavy atom. The van der Waals surface area contributed by atoms with Crippen LogP contribution in [0.25, 0.3) is 0 Å². The summed E-state index contributed by atoms with van der Waals surface area (Å²) in [5.74, 6) is 0.585. The quantitative estimate of drug-likeness (QED) is 0.889. The fourth-order valence-electron chi connectivity index (χ4n) is 3.14. The van der Waals surface area contributed by atoms with Crippen LogP contribution >= 0.6 is 0 Å². The van der Waals surface area contributed by atoms with Crippen molar-refractivity contribution in [3.63, 3.8) is 0 Å². The number of aliphatic hydroxyl groups is 1. The van der Waals surface area contributed by atoms with Crippen molar-refractivity contribution >= 4 is 5.69 Å². The van der Waals surface area contributed by atoms with Crippen LogP contribution in [0.15, 0.2) is 18.2 Å². The molecule has 3 heteroatoms. The number of rotatable bonds is 4.